The van der Waals surface area contributed by atoms with Crippen molar-refractivity contribution in [1.29, 1.82) is 0 Å². The number of likely N-dealkylation sites (tertiary alicyclic amines) is 1. The highest BCUT2D eigenvalue weighted by Crippen LogP contribution is 2.44. The molecule has 3 aromatic rings. The molecule has 6 bridgehead atoms. The Kier molecular flexibility index (Phi) is 17.4. The zero-order chi connectivity index (χ0) is 51.3. The van der Waals surface area contributed by atoms with Gasteiger partial charge in [0.1, 0.15) is 18.1 Å². The first-order valence-electron chi connectivity index (χ1n) is 25.6. The Balaban J connectivity index is 1.21. The lowest BCUT2D eigenvalue weighted by molar-refractivity contribution is -0.155. The summed E-state index contributed by atoms with van der Waals surface area (Å²) in [6.45, 7) is 19.4. The van der Waals surface area contributed by atoms with E-state index in [4.69, 9.17) is 19.4 Å². The molecule has 386 valence electrons. The van der Waals surface area contributed by atoms with E-state index in [0.29, 0.717) is 50.4 Å². The predicted molar refractivity (Wildman–Crippen MR) is 277 cm³/mol. The minimum absolute atomic E-state index is 0.0806. The summed E-state index contributed by atoms with van der Waals surface area (Å²) in [6.07, 6.45) is 5.62. The number of carbonyl (C=O) groups excluding carboxylic acids is 5. The molecule has 0 radical (unpaired) electrons. The first-order valence-corrected chi connectivity index (χ1v) is 26.5. The van der Waals surface area contributed by atoms with Gasteiger partial charge in [-0.05, 0) is 105 Å². The molecule has 7 rings (SSSR count). The number of aryl methyl sites for hydroxylation is 1. The molecule has 71 heavy (non-hydrogen) atoms. The number of carbonyl (C=O) groups is 5. The quantitative estimate of drug-likeness (QED) is 0.127. The van der Waals surface area contributed by atoms with Crippen LogP contribution in [0, 0.1) is 30.1 Å². The molecule has 2 aromatic heterocycles. The number of hydrazine groups is 1. The van der Waals surface area contributed by atoms with Gasteiger partial charge in [0.2, 0.25) is 11.8 Å². The largest absolute Gasteiger partial charge is 0.464 e. The standard InChI is InChI=1S/C54H77N9O7S/c1-12-33(4)46(38-15-13-21-55-47(38)35(6)69-11)40-27-54(7,8)31-70-52(67)41-16-14-22-63(59-41)51(66)42(26-45-57-44(30-71-45)37-18-17-34(5)39(40)25-37)58-49(64)48(32(2)3)61(10)53(68)62-23-19-36(20-24-62)29-60(9)50(65)43-28-56-43/h13,15,17-18,21,25,30,32-33,35-36,41-43,48,56,59H,12,14,16,19-20,22-24,26-29,31H2,1-11H3,(H,58,64)/b46-40+/t33-,35-,41-,42-,43+,48-/m0/s1. The molecule has 3 saturated heterocycles. The lowest BCUT2D eigenvalue weighted by Crippen LogP contribution is -2.62. The number of likely N-dealkylation sites (N-methyl/N-ethyl adjacent to an activating group) is 2. The van der Waals surface area contributed by atoms with Gasteiger partial charge < -0.3 is 34.8 Å². The zero-order valence-corrected chi connectivity index (χ0v) is 44.6. The minimum atomic E-state index is -1.07. The average Bonchev–Trinajstić information content (AvgIpc) is 4.11. The molecule has 4 aliphatic rings. The van der Waals surface area contributed by atoms with Crippen molar-refractivity contribution in [2.75, 3.05) is 60.5 Å². The topological polar surface area (TPSA) is 189 Å². The van der Waals surface area contributed by atoms with Gasteiger partial charge in [0.25, 0.3) is 5.91 Å². The van der Waals surface area contributed by atoms with E-state index in [1.807, 2.05) is 45.5 Å². The van der Waals surface area contributed by atoms with E-state index in [0.717, 1.165) is 65.0 Å². The van der Waals surface area contributed by atoms with Crippen LogP contribution in [0.5, 0.6) is 0 Å². The summed E-state index contributed by atoms with van der Waals surface area (Å²) in [5, 5.41) is 10.2. The molecule has 6 heterocycles. The summed E-state index contributed by atoms with van der Waals surface area (Å²) in [5.74, 6) is -1.09. The fourth-order valence-electron chi connectivity index (χ4n) is 10.4. The highest BCUT2D eigenvalue weighted by atomic mass is 32.1. The lowest BCUT2D eigenvalue weighted by Gasteiger charge is -2.39. The summed E-state index contributed by atoms with van der Waals surface area (Å²) in [7, 11) is 5.18. The highest BCUT2D eigenvalue weighted by Gasteiger charge is 2.40. The number of nitrogens with one attached hydrogen (secondary N) is 3. The maximum atomic E-state index is 14.7. The first-order chi connectivity index (χ1) is 33.8. The number of cyclic esters (lactones) is 1. The van der Waals surface area contributed by atoms with Crippen molar-refractivity contribution in [3.8, 4) is 11.3 Å². The van der Waals surface area contributed by atoms with E-state index in [1.165, 1.54) is 26.8 Å². The minimum Gasteiger partial charge on any atom is -0.464 e. The molecule has 5 amide bonds. The van der Waals surface area contributed by atoms with Crippen molar-refractivity contribution in [2.45, 2.75) is 131 Å². The number of ether oxygens (including phenoxy) is 2. The Morgan fingerprint density at radius 3 is 2.46 bits per heavy atom. The van der Waals surface area contributed by atoms with Gasteiger partial charge >= 0.3 is 12.0 Å². The third-order valence-electron chi connectivity index (χ3n) is 14.8. The van der Waals surface area contributed by atoms with Crippen LogP contribution in [0.2, 0.25) is 0 Å². The van der Waals surface area contributed by atoms with E-state index >= 15 is 0 Å². The maximum Gasteiger partial charge on any atom is 0.324 e. The van der Waals surface area contributed by atoms with E-state index in [2.05, 4.69) is 74.9 Å². The van der Waals surface area contributed by atoms with Gasteiger partial charge in [-0.2, -0.15) is 0 Å². The monoisotopic (exact) mass is 996 g/mol. The fraction of sp³-hybridized carbons (Fsp3) is 0.611. The van der Waals surface area contributed by atoms with Crippen molar-refractivity contribution in [3.05, 3.63) is 69.3 Å². The molecule has 3 fully saturated rings. The number of piperidine rings is 1. The van der Waals surface area contributed by atoms with Gasteiger partial charge in [-0.3, -0.25) is 29.2 Å². The van der Waals surface area contributed by atoms with Gasteiger partial charge in [-0.15, -0.1) is 11.3 Å². The Bertz CT molecular complexity index is 2440. The molecule has 4 aliphatic heterocycles. The smallest absolute Gasteiger partial charge is 0.324 e. The number of allylic oxidation sites excluding steroid dienone is 2. The van der Waals surface area contributed by atoms with Crippen molar-refractivity contribution in [3.63, 3.8) is 0 Å². The summed E-state index contributed by atoms with van der Waals surface area (Å²) < 4.78 is 12.1. The third-order valence-corrected chi connectivity index (χ3v) is 15.7. The molecule has 16 nitrogen and oxygen atoms in total. The number of nitrogens with zero attached hydrogens (tertiary/aromatic N) is 6. The number of urea groups is 1. The van der Waals surface area contributed by atoms with Crippen LogP contribution in [0.3, 0.4) is 0 Å². The highest BCUT2D eigenvalue weighted by molar-refractivity contribution is 7.10. The second kappa shape index (κ2) is 23.1. The molecule has 0 aliphatic carbocycles. The van der Waals surface area contributed by atoms with Crippen molar-refractivity contribution in [1.82, 2.24) is 45.7 Å². The summed E-state index contributed by atoms with van der Waals surface area (Å²) >= 11 is 1.42. The molecule has 0 spiro atoms. The van der Waals surface area contributed by atoms with Crippen LogP contribution in [-0.2, 0) is 35.1 Å². The summed E-state index contributed by atoms with van der Waals surface area (Å²) in [5.41, 5.74) is 10.7. The molecule has 0 unspecified atom stereocenters. The number of hydrogen-bond donors (Lipinski definition) is 3. The number of amides is 5. The second-order valence-electron chi connectivity index (χ2n) is 21.4. The maximum absolute atomic E-state index is 14.7. The van der Waals surface area contributed by atoms with Crippen molar-refractivity contribution in [2.24, 2.45) is 23.2 Å². The Labute approximate surface area is 424 Å². The molecule has 6 atom stereocenters. The second-order valence-corrected chi connectivity index (χ2v) is 22.3. The number of pyridine rings is 1. The molecule has 0 saturated carbocycles. The molecule has 1 aromatic carbocycles. The third kappa shape index (κ3) is 12.7. The number of hydrogen-bond acceptors (Lipinski definition) is 12. The number of benzene rings is 1. The fourth-order valence-corrected chi connectivity index (χ4v) is 11.2. The van der Waals surface area contributed by atoms with E-state index in [-0.39, 0.29) is 54.9 Å². The normalized spacial score (nSPS) is 22.9. The van der Waals surface area contributed by atoms with E-state index in [1.54, 1.807) is 24.0 Å². The van der Waals surface area contributed by atoms with Crippen molar-refractivity contribution < 1.29 is 33.4 Å². The van der Waals surface area contributed by atoms with Crippen LogP contribution < -0.4 is 16.1 Å². The van der Waals surface area contributed by atoms with Crippen LogP contribution >= 0.6 is 11.3 Å². The van der Waals surface area contributed by atoms with Crippen LogP contribution in [0.4, 0.5) is 4.79 Å². The lowest BCUT2D eigenvalue weighted by atomic mass is 9.76. The van der Waals surface area contributed by atoms with Gasteiger partial charge in [-0.25, -0.2) is 15.2 Å². The summed E-state index contributed by atoms with van der Waals surface area (Å²) in [4.78, 5) is 85.1. The van der Waals surface area contributed by atoms with Gasteiger partial charge in [0.15, 0.2) is 0 Å². The van der Waals surface area contributed by atoms with E-state index in [9.17, 15) is 24.0 Å². The number of aromatic nitrogens is 2. The molecule has 17 heteroatoms. The van der Waals surface area contributed by atoms with E-state index < -0.39 is 41.3 Å². The first kappa shape index (κ1) is 53.6. The number of rotatable bonds is 12. The summed E-state index contributed by atoms with van der Waals surface area (Å²) in [6, 6.07) is 7.42. The zero-order valence-electron chi connectivity index (χ0n) is 43.8. The van der Waals surface area contributed by atoms with Gasteiger partial charge in [-0.1, -0.05) is 59.7 Å². The molecular weight excluding hydrogens is 919 g/mol. The van der Waals surface area contributed by atoms with Gasteiger partial charge in [0.05, 0.1) is 35.1 Å². The number of thiazole rings is 1. The van der Waals surface area contributed by atoms with Crippen LogP contribution in [0.15, 0.2) is 41.9 Å². The van der Waals surface area contributed by atoms with Gasteiger partial charge in [0, 0.05) is 88.5 Å². The van der Waals surface area contributed by atoms with Crippen LogP contribution in [0.1, 0.15) is 120 Å². The molecular formula is C54H77N9O7S. The van der Waals surface area contributed by atoms with Crippen LogP contribution in [-0.4, -0.2) is 144 Å². The Hall–Kier alpha value is -5.23. The SMILES string of the molecule is CC[C@H](C)/C(=C1/CC(C)(C)COC(=O)[C@@H]2CCCN(N2)C(=O)[C@@H](NC(=O)[C@H](C(C)C)N(C)C(=O)N2CCC(CN(C)C(=O)[C@H]3CN3)CC2)Cc2nc(cs2)-c2ccc(C)c1c2)c1cccnc1[C@H](C)OC. The van der Waals surface area contributed by atoms with Crippen LogP contribution in [0.25, 0.3) is 22.4 Å². The predicted octanol–water partition coefficient (Wildman–Crippen LogP) is 6.89. The Morgan fingerprint density at radius 1 is 1.06 bits per heavy atom. The average molecular weight is 996 g/mol. The number of esters is 1. The van der Waals surface area contributed by atoms with Crippen molar-refractivity contribution >= 4 is 52.2 Å². The number of fused-ring (bicyclic) bond motifs is 7. The Morgan fingerprint density at radius 2 is 1.79 bits per heavy atom. The molecule has 3 N–H and O–H groups in total. The number of methoxy groups -OCH3 is 1.